The molecule has 19 heavy (non-hydrogen) atoms. The highest BCUT2D eigenvalue weighted by Crippen LogP contribution is 2.31. The number of halogens is 2. The molecule has 1 aromatic carbocycles. The highest BCUT2D eigenvalue weighted by atomic mass is 35.5. The molecular weight excluding hydrogens is 271 g/mol. The predicted molar refractivity (Wildman–Crippen MR) is 65.1 cm³/mol. The number of nitrogens with zero attached hydrogens (tertiary/aromatic N) is 6. The van der Waals surface area contributed by atoms with Gasteiger partial charge in [-0.25, -0.2) is 14.4 Å². The molecule has 0 N–H and O–H groups in total. The van der Waals surface area contributed by atoms with Crippen LogP contribution in [-0.2, 0) is 0 Å². The van der Waals surface area contributed by atoms with Crippen molar-refractivity contribution in [3.05, 3.63) is 47.9 Å². The average Bonchev–Trinajstić information content (AvgIpc) is 2.96. The van der Waals surface area contributed by atoms with Crippen molar-refractivity contribution < 1.29 is 4.39 Å². The largest absolute Gasteiger partial charge is 0.245 e. The summed E-state index contributed by atoms with van der Waals surface area (Å²) in [4.78, 5) is 7.83. The summed E-state index contributed by atoms with van der Waals surface area (Å²) in [6.07, 6.45) is 4.22. The van der Waals surface area contributed by atoms with Crippen LogP contribution >= 0.6 is 11.6 Å². The fourth-order valence-corrected chi connectivity index (χ4v) is 1.84. The van der Waals surface area contributed by atoms with E-state index in [1.165, 1.54) is 29.6 Å². The summed E-state index contributed by atoms with van der Waals surface area (Å²) in [7, 11) is 0. The molecule has 0 aliphatic rings. The molecule has 0 aliphatic carbocycles. The summed E-state index contributed by atoms with van der Waals surface area (Å²) >= 11 is 5.82. The van der Waals surface area contributed by atoms with E-state index in [1.807, 2.05) is 0 Å². The van der Waals surface area contributed by atoms with Crippen molar-refractivity contribution in [2.75, 3.05) is 0 Å². The Morgan fingerprint density at radius 2 is 2.11 bits per heavy atom. The van der Waals surface area contributed by atoms with Crippen LogP contribution in [0.4, 0.5) is 4.39 Å². The zero-order chi connectivity index (χ0) is 13.2. The molecule has 2 aromatic heterocycles. The quantitative estimate of drug-likeness (QED) is 0.715. The zero-order valence-corrected chi connectivity index (χ0v) is 10.2. The highest BCUT2D eigenvalue weighted by molar-refractivity contribution is 6.31. The maximum atomic E-state index is 14.3. The number of rotatable bonds is 2. The molecule has 0 unspecified atom stereocenters. The van der Waals surface area contributed by atoms with Crippen molar-refractivity contribution in [2.45, 2.75) is 0 Å². The first-order valence-electron chi connectivity index (χ1n) is 5.25. The van der Waals surface area contributed by atoms with Gasteiger partial charge in [0, 0.05) is 6.20 Å². The molecule has 0 spiro atoms. The Hall–Kier alpha value is -2.41. The Balaban J connectivity index is 2.30. The molecule has 3 rings (SSSR count). The van der Waals surface area contributed by atoms with E-state index in [4.69, 9.17) is 11.6 Å². The third-order valence-electron chi connectivity index (χ3n) is 2.51. The van der Waals surface area contributed by atoms with Gasteiger partial charge in [0.05, 0.1) is 22.0 Å². The first kappa shape index (κ1) is 11.7. The van der Waals surface area contributed by atoms with Gasteiger partial charge >= 0.3 is 0 Å². The lowest BCUT2D eigenvalue weighted by molar-refractivity contribution is 0.628. The van der Waals surface area contributed by atoms with Gasteiger partial charge in [-0.1, -0.05) is 11.6 Å². The van der Waals surface area contributed by atoms with Gasteiger partial charge in [-0.2, -0.15) is 4.68 Å². The molecule has 0 radical (unpaired) electrons. The van der Waals surface area contributed by atoms with Crippen LogP contribution in [0.1, 0.15) is 0 Å². The number of hydrogen-bond acceptors (Lipinski definition) is 5. The molecule has 94 valence electrons. The van der Waals surface area contributed by atoms with Gasteiger partial charge in [0.25, 0.3) is 0 Å². The van der Waals surface area contributed by atoms with Gasteiger partial charge in [-0.3, -0.25) is 0 Å². The normalized spacial score (nSPS) is 10.6. The number of aromatic nitrogens is 6. The second kappa shape index (κ2) is 4.69. The second-order valence-corrected chi connectivity index (χ2v) is 4.01. The van der Waals surface area contributed by atoms with Crippen LogP contribution in [0.5, 0.6) is 0 Å². The topological polar surface area (TPSA) is 69.4 Å². The summed E-state index contributed by atoms with van der Waals surface area (Å²) in [5.41, 5.74) is 1.08. The Morgan fingerprint density at radius 1 is 1.21 bits per heavy atom. The highest BCUT2D eigenvalue weighted by Gasteiger charge is 2.17. The zero-order valence-electron chi connectivity index (χ0n) is 9.40. The van der Waals surface area contributed by atoms with Crippen molar-refractivity contribution in [1.29, 1.82) is 0 Å². The lowest BCUT2D eigenvalue weighted by Gasteiger charge is -2.10. The van der Waals surface area contributed by atoms with Crippen molar-refractivity contribution >= 4 is 11.6 Å². The molecule has 6 nitrogen and oxygen atoms in total. The lowest BCUT2D eigenvalue weighted by atomic mass is 10.1. The van der Waals surface area contributed by atoms with E-state index in [1.54, 1.807) is 12.1 Å². The Kier molecular flexibility index (Phi) is 2.88. The Bertz CT molecular complexity index is 701. The van der Waals surface area contributed by atoms with Gasteiger partial charge in [-0.15, -0.1) is 5.10 Å². The van der Waals surface area contributed by atoms with Crippen LogP contribution in [0.3, 0.4) is 0 Å². The van der Waals surface area contributed by atoms with Gasteiger partial charge in [0.15, 0.2) is 5.82 Å². The van der Waals surface area contributed by atoms with Crippen LogP contribution in [0, 0.1) is 5.82 Å². The lowest BCUT2D eigenvalue weighted by Crippen LogP contribution is -2.02. The van der Waals surface area contributed by atoms with Crippen LogP contribution in [0.25, 0.3) is 16.9 Å². The summed E-state index contributed by atoms with van der Waals surface area (Å²) in [6, 6.07) is 4.65. The van der Waals surface area contributed by atoms with Gasteiger partial charge in [0.1, 0.15) is 12.7 Å². The van der Waals surface area contributed by atoms with E-state index in [-0.39, 0.29) is 10.6 Å². The minimum Gasteiger partial charge on any atom is -0.245 e. The van der Waals surface area contributed by atoms with Gasteiger partial charge < -0.3 is 0 Å². The summed E-state index contributed by atoms with van der Waals surface area (Å²) < 4.78 is 15.6. The Morgan fingerprint density at radius 3 is 2.79 bits per heavy atom. The fraction of sp³-hybridized carbons (Fsp3) is 0. The molecule has 3 aromatic rings. The van der Waals surface area contributed by atoms with Gasteiger partial charge in [0.2, 0.25) is 0 Å². The molecule has 8 heteroatoms. The molecule has 0 aliphatic heterocycles. The number of tetrazole rings is 1. The van der Waals surface area contributed by atoms with Crippen LogP contribution in [-0.4, -0.2) is 30.2 Å². The maximum absolute atomic E-state index is 14.3. The minimum atomic E-state index is -0.576. The van der Waals surface area contributed by atoms with E-state index in [0.717, 1.165) is 0 Å². The maximum Gasteiger partial charge on any atom is 0.153 e. The molecule has 0 saturated carbocycles. The van der Waals surface area contributed by atoms with E-state index in [2.05, 4.69) is 25.5 Å². The van der Waals surface area contributed by atoms with E-state index in [0.29, 0.717) is 11.4 Å². The number of benzene rings is 1. The first-order chi connectivity index (χ1) is 9.27. The first-order valence-corrected chi connectivity index (χ1v) is 5.63. The van der Waals surface area contributed by atoms with Gasteiger partial charge in [-0.05, 0) is 28.6 Å². The molecular formula is C11H6ClFN6. The minimum absolute atomic E-state index is 0.00503. The molecule has 0 bridgehead atoms. The Labute approximate surface area is 111 Å². The van der Waals surface area contributed by atoms with Crippen LogP contribution in [0.15, 0.2) is 37.1 Å². The predicted octanol–water partition coefficient (Wildman–Crippen LogP) is 1.91. The fourth-order valence-electron chi connectivity index (χ4n) is 1.69. The van der Waals surface area contributed by atoms with Crippen molar-refractivity contribution in [1.82, 2.24) is 30.2 Å². The summed E-state index contributed by atoms with van der Waals surface area (Å²) in [6.45, 7) is 0. The third-order valence-corrected chi connectivity index (χ3v) is 2.80. The average molecular weight is 277 g/mol. The standard InChI is InChI=1S/C11H6ClFN6/c12-7-1-2-9(19-6-16-17-18-19)10(11(7)13)8-3-4-14-5-15-8/h1-6H. The molecule has 2 heterocycles. The van der Waals surface area contributed by atoms with E-state index >= 15 is 0 Å². The van der Waals surface area contributed by atoms with Crippen molar-refractivity contribution in [3.63, 3.8) is 0 Å². The second-order valence-electron chi connectivity index (χ2n) is 3.60. The monoisotopic (exact) mass is 276 g/mol. The molecule has 0 amide bonds. The smallest absolute Gasteiger partial charge is 0.153 e. The summed E-state index contributed by atoms with van der Waals surface area (Å²) in [5, 5.41) is 10.8. The summed E-state index contributed by atoms with van der Waals surface area (Å²) in [5.74, 6) is -0.576. The van der Waals surface area contributed by atoms with E-state index in [9.17, 15) is 4.39 Å². The molecule has 0 fully saturated rings. The number of hydrogen-bond donors (Lipinski definition) is 0. The molecule has 0 atom stereocenters. The molecule has 0 saturated heterocycles. The SMILES string of the molecule is Fc1c(Cl)ccc(-n2cnnn2)c1-c1ccncn1. The van der Waals surface area contributed by atoms with Crippen LogP contribution in [0.2, 0.25) is 5.02 Å². The van der Waals surface area contributed by atoms with Crippen molar-refractivity contribution in [3.8, 4) is 16.9 Å². The van der Waals surface area contributed by atoms with E-state index < -0.39 is 5.82 Å². The van der Waals surface area contributed by atoms with Crippen molar-refractivity contribution in [2.24, 2.45) is 0 Å². The van der Waals surface area contributed by atoms with Crippen LogP contribution < -0.4 is 0 Å². The third kappa shape index (κ3) is 2.04.